The Labute approximate surface area is 118 Å². The molecular weight excluding hydrogens is 252 g/mol. The van der Waals surface area contributed by atoms with Crippen molar-refractivity contribution in [3.05, 3.63) is 57.7 Å². The van der Waals surface area contributed by atoms with E-state index >= 15 is 0 Å². The van der Waals surface area contributed by atoms with Crippen LogP contribution in [0.3, 0.4) is 0 Å². The molecule has 0 bridgehead atoms. The molecule has 104 valence electrons. The molecule has 1 N–H and O–H groups in total. The van der Waals surface area contributed by atoms with Crippen LogP contribution in [0.15, 0.2) is 18.2 Å². The minimum atomic E-state index is -0.974. The Kier molecular flexibility index (Phi) is 3.84. The lowest BCUT2D eigenvalue weighted by atomic mass is 10.0. The quantitative estimate of drug-likeness (QED) is 0.931. The lowest BCUT2D eigenvalue weighted by Gasteiger charge is -2.08. The maximum absolute atomic E-state index is 11.1. The second-order valence-electron chi connectivity index (χ2n) is 5.09. The van der Waals surface area contributed by atoms with Gasteiger partial charge in [-0.05, 0) is 44.4 Å². The highest BCUT2D eigenvalue weighted by Crippen LogP contribution is 2.15. The van der Waals surface area contributed by atoms with Gasteiger partial charge in [0.1, 0.15) is 11.4 Å². The summed E-state index contributed by atoms with van der Waals surface area (Å²) in [6.45, 7) is 7.57. The number of hydrogen-bond acceptors (Lipinski definition) is 3. The van der Waals surface area contributed by atoms with Gasteiger partial charge in [0.15, 0.2) is 0 Å². The number of carbonyl (C=O) groups is 1. The molecule has 2 rings (SSSR count). The maximum Gasteiger partial charge on any atom is 0.339 e. The maximum atomic E-state index is 11.1. The Morgan fingerprint density at radius 3 is 2.15 bits per heavy atom. The van der Waals surface area contributed by atoms with Crippen molar-refractivity contribution < 1.29 is 9.90 Å². The average Bonchev–Trinajstić information content (AvgIpc) is 2.32. The molecule has 0 aliphatic rings. The fourth-order valence-electron chi connectivity index (χ4n) is 2.27. The molecule has 1 aromatic heterocycles. The number of aryl methyl sites for hydroxylation is 4. The van der Waals surface area contributed by atoms with Gasteiger partial charge in [-0.1, -0.05) is 18.2 Å². The van der Waals surface area contributed by atoms with Crippen LogP contribution in [0.5, 0.6) is 0 Å². The first-order valence-corrected chi connectivity index (χ1v) is 6.52. The van der Waals surface area contributed by atoms with Crippen molar-refractivity contribution in [3.63, 3.8) is 0 Å². The SMILES string of the molecule is Cc1ccc(Cc2nc(C)c(C(=O)O)c(C)n2)cc1C. The summed E-state index contributed by atoms with van der Waals surface area (Å²) in [4.78, 5) is 19.7. The smallest absolute Gasteiger partial charge is 0.339 e. The van der Waals surface area contributed by atoms with Crippen LogP contribution < -0.4 is 0 Å². The van der Waals surface area contributed by atoms with E-state index in [1.54, 1.807) is 13.8 Å². The van der Waals surface area contributed by atoms with Gasteiger partial charge < -0.3 is 5.11 Å². The van der Waals surface area contributed by atoms with E-state index in [1.165, 1.54) is 11.1 Å². The zero-order valence-electron chi connectivity index (χ0n) is 12.2. The van der Waals surface area contributed by atoms with Gasteiger partial charge >= 0.3 is 5.97 Å². The van der Waals surface area contributed by atoms with Crippen LogP contribution in [-0.2, 0) is 6.42 Å². The third kappa shape index (κ3) is 2.85. The summed E-state index contributed by atoms with van der Waals surface area (Å²) in [6, 6.07) is 6.26. The van der Waals surface area contributed by atoms with Gasteiger partial charge in [-0.15, -0.1) is 0 Å². The zero-order valence-corrected chi connectivity index (χ0v) is 12.2. The molecule has 0 atom stereocenters. The van der Waals surface area contributed by atoms with E-state index in [9.17, 15) is 4.79 Å². The average molecular weight is 270 g/mol. The first-order valence-electron chi connectivity index (χ1n) is 6.52. The molecular formula is C16H18N2O2. The molecule has 20 heavy (non-hydrogen) atoms. The second kappa shape index (κ2) is 5.41. The minimum absolute atomic E-state index is 0.203. The van der Waals surface area contributed by atoms with E-state index in [0.29, 0.717) is 23.6 Å². The van der Waals surface area contributed by atoms with Gasteiger partial charge in [-0.3, -0.25) is 0 Å². The molecule has 2 aromatic rings. The minimum Gasteiger partial charge on any atom is -0.478 e. The molecule has 0 fully saturated rings. The number of aromatic nitrogens is 2. The Morgan fingerprint density at radius 2 is 1.65 bits per heavy atom. The Bertz CT molecular complexity index is 655. The van der Waals surface area contributed by atoms with Crippen molar-refractivity contribution in [2.45, 2.75) is 34.1 Å². The molecule has 4 heteroatoms. The molecule has 0 amide bonds. The molecule has 0 aliphatic heterocycles. The summed E-state index contributed by atoms with van der Waals surface area (Å²) in [5.74, 6) is -0.314. The van der Waals surface area contributed by atoms with Crippen LogP contribution in [0, 0.1) is 27.7 Å². The summed E-state index contributed by atoms with van der Waals surface area (Å²) in [6.07, 6.45) is 0.614. The van der Waals surface area contributed by atoms with Gasteiger partial charge in [0.25, 0.3) is 0 Å². The number of nitrogens with zero attached hydrogens (tertiary/aromatic N) is 2. The molecule has 0 spiro atoms. The van der Waals surface area contributed by atoms with Crippen molar-refractivity contribution >= 4 is 5.97 Å². The van der Waals surface area contributed by atoms with E-state index in [0.717, 1.165) is 5.56 Å². The lowest BCUT2D eigenvalue weighted by Crippen LogP contribution is -2.10. The van der Waals surface area contributed by atoms with Gasteiger partial charge in [-0.25, -0.2) is 14.8 Å². The normalized spacial score (nSPS) is 10.6. The number of aromatic carboxylic acids is 1. The molecule has 0 saturated heterocycles. The largest absolute Gasteiger partial charge is 0.478 e. The van der Waals surface area contributed by atoms with Crippen LogP contribution in [0.2, 0.25) is 0 Å². The van der Waals surface area contributed by atoms with E-state index in [1.807, 2.05) is 0 Å². The number of carboxylic acids is 1. The summed E-state index contributed by atoms with van der Waals surface area (Å²) in [5, 5.41) is 9.11. The Balaban J connectivity index is 2.35. The van der Waals surface area contributed by atoms with E-state index in [4.69, 9.17) is 5.11 Å². The second-order valence-corrected chi connectivity index (χ2v) is 5.09. The predicted molar refractivity (Wildman–Crippen MR) is 77.2 cm³/mol. The van der Waals surface area contributed by atoms with Crippen molar-refractivity contribution in [2.24, 2.45) is 0 Å². The summed E-state index contributed by atoms with van der Waals surface area (Å²) in [5.41, 5.74) is 4.86. The highest BCUT2D eigenvalue weighted by Gasteiger charge is 2.14. The van der Waals surface area contributed by atoms with Crippen molar-refractivity contribution in [1.82, 2.24) is 9.97 Å². The molecule has 0 saturated carbocycles. The number of rotatable bonds is 3. The van der Waals surface area contributed by atoms with Crippen molar-refractivity contribution in [2.75, 3.05) is 0 Å². The third-order valence-corrected chi connectivity index (χ3v) is 3.46. The van der Waals surface area contributed by atoms with Crippen LogP contribution in [0.25, 0.3) is 0 Å². The first-order chi connectivity index (χ1) is 9.38. The fraction of sp³-hybridized carbons (Fsp3) is 0.312. The lowest BCUT2D eigenvalue weighted by molar-refractivity contribution is 0.0694. The monoisotopic (exact) mass is 270 g/mol. The zero-order chi connectivity index (χ0) is 14.9. The molecule has 4 nitrogen and oxygen atoms in total. The Hall–Kier alpha value is -2.23. The van der Waals surface area contributed by atoms with Crippen LogP contribution >= 0.6 is 0 Å². The van der Waals surface area contributed by atoms with Gasteiger partial charge in [0.2, 0.25) is 0 Å². The third-order valence-electron chi connectivity index (χ3n) is 3.46. The van der Waals surface area contributed by atoms with Crippen molar-refractivity contribution in [3.8, 4) is 0 Å². The summed E-state index contributed by atoms with van der Waals surface area (Å²) in [7, 11) is 0. The van der Waals surface area contributed by atoms with Gasteiger partial charge in [-0.2, -0.15) is 0 Å². The fourth-order valence-corrected chi connectivity index (χ4v) is 2.27. The van der Waals surface area contributed by atoms with Crippen LogP contribution in [-0.4, -0.2) is 21.0 Å². The highest BCUT2D eigenvalue weighted by molar-refractivity contribution is 5.89. The molecule has 1 aromatic carbocycles. The number of carboxylic acid groups (broad SMARTS) is 1. The van der Waals surface area contributed by atoms with E-state index in [2.05, 4.69) is 42.0 Å². The topological polar surface area (TPSA) is 63.1 Å². The van der Waals surface area contributed by atoms with Crippen LogP contribution in [0.1, 0.15) is 44.3 Å². The molecule has 0 aliphatic carbocycles. The van der Waals surface area contributed by atoms with Crippen LogP contribution in [0.4, 0.5) is 0 Å². The predicted octanol–water partition coefficient (Wildman–Crippen LogP) is 3.00. The highest BCUT2D eigenvalue weighted by atomic mass is 16.4. The van der Waals surface area contributed by atoms with Crippen molar-refractivity contribution in [1.29, 1.82) is 0 Å². The van der Waals surface area contributed by atoms with Gasteiger partial charge in [0, 0.05) is 6.42 Å². The van der Waals surface area contributed by atoms with Gasteiger partial charge in [0.05, 0.1) is 11.4 Å². The first kappa shape index (κ1) is 14.2. The standard InChI is InChI=1S/C16H18N2O2/c1-9-5-6-13(7-10(9)2)8-14-17-11(3)15(16(19)20)12(4)18-14/h5-7H,8H2,1-4H3,(H,19,20). The number of benzene rings is 1. The number of hydrogen-bond donors (Lipinski definition) is 1. The summed E-state index contributed by atoms with van der Waals surface area (Å²) < 4.78 is 0. The Morgan fingerprint density at radius 1 is 1.05 bits per heavy atom. The molecule has 1 heterocycles. The van der Waals surface area contributed by atoms with E-state index in [-0.39, 0.29) is 5.56 Å². The molecule has 0 radical (unpaired) electrons. The summed E-state index contributed by atoms with van der Waals surface area (Å²) >= 11 is 0. The molecule has 0 unspecified atom stereocenters. The van der Waals surface area contributed by atoms with E-state index < -0.39 is 5.97 Å².